The monoisotopic (exact) mass is 443 g/mol. The number of nitrogens with one attached hydrogen (secondary N) is 2. The van der Waals surface area contributed by atoms with Crippen molar-refractivity contribution in [1.29, 1.82) is 0 Å². The van der Waals surface area contributed by atoms with Gasteiger partial charge in [0.25, 0.3) is 11.8 Å². The van der Waals surface area contributed by atoms with Gasteiger partial charge < -0.3 is 20.3 Å². The molecule has 3 rings (SSSR count). The topological polar surface area (TPSA) is 131 Å². The summed E-state index contributed by atoms with van der Waals surface area (Å²) in [4.78, 5) is 58.0. The van der Waals surface area contributed by atoms with E-state index in [0.717, 1.165) is 6.07 Å². The van der Waals surface area contributed by atoms with Crippen LogP contribution in [-0.4, -0.2) is 64.8 Å². The maximum Gasteiger partial charge on any atom is 0.315 e. The SMILES string of the molecule is COC(=O)CC(=O)N1CCC(NC(=O)c2nccnc2NC(=O)c2cccc(F)c2)CC1. The highest BCUT2D eigenvalue weighted by Gasteiger charge is 2.27. The average molecular weight is 443 g/mol. The highest BCUT2D eigenvalue weighted by molar-refractivity contribution is 6.07. The van der Waals surface area contributed by atoms with Crippen molar-refractivity contribution in [2.45, 2.75) is 25.3 Å². The summed E-state index contributed by atoms with van der Waals surface area (Å²) in [6.45, 7) is 0.759. The standard InChI is InChI=1S/C21H22FN5O5/c1-32-17(29)12-16(28)27-9-5-15(6-10-27)25-21(31)18-19(24-8-7-23-18)26-20(30)13-3-2-4-14(22)11-13/h2-4,7-8,11,15H,5-6,9-10,12H2,1H3,(H,25,31)(H,24,26,30). The Kier molecular flexibility index (Phi) is 7.42. The van der Waals surface area contributed by atoms with Crippen LogP contribution in [0.25, 0.3) is 0 Å². The van der Waals surface area contributed by atoms with Crippen LogP contribution in [0.5, 0.6) is 0 Å². The lowest BCUT2D eigenvalue weighted by Gasteiger charge is -2.32. The molecule has 0 unspecified atom stereocenters. The van der Waals surface area contributed by atoms with Crippen LogP contribution in [0.1, 0.15) is 40.1 Å². The fourth-order valence-electron chi connectivity index (χ4n) is 3.24. The van der Waals surface area contributed by atoms with E-state index in [1.807, 2.05) is 0 Å². The molecule has 2 heterocycles. The molecule has 2 N–H and O–H groups in total. The Hall–Kier alpha value is -3.89. The summed E-state index contributed by atoms with van der Waals surface area (Å²) in [6, 6.07) is 4.90. The summed E-state index contributed by atoms with van der Waals surface area (Å²) < 4.78 is 17.9. The van der Waals surface area contributed by atoms with Gasteiger partial charge in [-0.2, -0.15) is 0 Å². The number of ether oxygens (including phenoxy) is 1. The van der Waals surface area contributed by atoms with Gasteiger partial charge in [-0.3, -0.25) is 19.2 Å². The molecule has 1 aromatic heterocycles. The van der Waals surface area contributed by atoms with E-state index in [9.17, 15) is 23.6 Å². The Morgan fingerprint density at radius 1 is 1.12 bits per heavy atom. The number of likely N-dealkylation sites (tertiary alicyclic amines) is 1. The van der Waals surface area contributed by atoms with E-state index in [1.165, 1.54) is 37.7 Å². The molecule has 0 spiro atoms. The number of amides is 3. The molecule has 10 nitrogen and oxygen atoms in total. The number of piperidine rings is 1. The van der Waals surface area contributed by atoms with Crippen LogP contribution in [0, 0.1) is 5.82 Å². The first-order chi connectivity index (χ1) is 15.4. The maximum atomic E-state index is 13.4. The Labute approximate surface area is 183 Å². The van der Waals surface area contributed by atoms with Crippen LogP contribution in [0.3, 0.4) is 0 Å². The highest BCUT2D eigenvalue weighted by Crippen LogP contribution is 2.15. The van der Waals surface area contributed by atoms with E-state index in [2.05, 4.69) is 25.3 Å². The zero-order valence-electron chi connectivity index (χ0n) is 17.3. The van der Waals surface area contributed by atoms with Gasteiger partial charge in [0.2, 0.25) is 5.91 Å². The van der Waals surface area contributed by atoms with Crippen LogP contribution >= 0.6 is 0 Å². The van der Waals surface area contributed by atoms with Gasteiger partial charge in [0.05, 0.1) is 7.11 Å². The lowest BCUT2D eigenvalue weighted by molar-refractivity contribution is -0.147. The molecular weight excluding hydrogens is 421 g/mol. The van der Waals surface area contributed by atoms with E-state index in [1.54, 1.807) is 4.90 Å². The molecule has 1 saturated heterocycles. The minimum absolute atomic E-state index is 0.0510. The number of nitrogens with zero attached hydrogens (tertiary/aromatic N) is 3. The summed E-state index contributed by atoms with van der Waals surface area (Å²) in [6.07, 6.45) is 3.31. The fraction of sp³-hybridized carbons (Fsp3) is 0.333. The molecule has 0 saturated carbocycles. The number of benzene rings is 1. The molecule has 2 aromatic rings. The molecule has 1 fully saturated rings. The first-order valence-corrected chi connectivity index (χ1v) is 9.90. The summed E-state index contributed by atoms with van der Waals surface area (Å²) in [5.41, 5.74) is -0.00699. The van der Waals surface area contributed by atoms with E-state index >= 15 is 0 Å². The van der Waals surface area contributed by atoms with Crippen molar-refractivity contribution in [2.75, 3.05) is 25.5 Å². The molecule has 0 atom stereocenters. The summed E-state index contributed by atoms with van der Waals surface area (Å²) in [5.74, 6) is -2.70. The molecule has 1 aromatic carbocycles. The minimum Gasteiger partial charge on any atom is -0.469 e. The van der Waals surface area contributed by atoms with Crippen LogP contribution in [0.4, 0.5) is 10.2 Å². The van der Waals surface area contributed by atoms with Crippen LogP contribution in [-0.2, 0) is 14.3 Å². The molecular formula is C21H22FN5O5. The number of aromatic nitrogens is 2. The van der Waals surface area contributed by atoms with Crippen molar-refractivity contribution in [1.82, 2.24) is 20.2 Å². The number of anilines is 1. The Bertz CT molecular complexity index is 1020. The van der Waals surface area contributed by atoms with Gasteiger partial charge in [0.15, 0.2) is 11.5 Å². The molecule has 0 radical (unpaired) electrons. The van der Waals surface area contributed by atoms with Gasteiger partial charge in [-0.25, -0.2) is 14.4 Å². The van der Waals surface area contributed by atoms with E-state index < -0.39 is 23.6 Å². The molecule has 3 amide bonds. The Morgan fingerprint density at radius 3 is 2.53 bits per heavy atom. The largest absolute Gasteiger partial charge is 0.469 e. The first kappa shape index (κ1) is 22.8. The van der Waals surface area contributed by atoms with Crippen molar-refractivity contribution in [3.63, 3.8) is 0 Å². The molecule has 32 heavy (non-hydrogen) atoms. The predicted octanol–water partition coefficient (Wildman–Crippen LogP) is 1.15. The lowest BCUT2D eigenvalue weighted by atomic mass is 10.0. The predicted molar refractivity (Wildman–Crippen MR) is 110 cm³/mol. The summed E-state index contributed by atoms with van der Waals surface area (Å²) >= 11 is 0. The third-order valence-corrected chi connectivity index (χ3v) is 4.94. The normalized spacial score (nSPS) is 13.9. The summed E-state index contributed by atoms with van der Waals surface area (Å²) in [5, 5.41) is 5.31. The van der Waals surface area contributed by atoms with E-state index in [0.29, 0.717) is 25.9 Å². The van der Waals surface area contributed by atoms with Crippen molar-refractivity contribution < 1.29 is 28.3 Å². The van der Waals surface area contributed by atoms with Gasteiger partial charge in [0, 0.05) is 37.1 Å². The number of hydrogen-bond donors (Lipinski definition) is 2. The fourth-order valence-corrected chi connectivity index (χ4v) is 3.24. The molecule has 11 heteroatoms. The Balaban J connectivity index is 1.59. The number of carbonyl (C=O) groups is 4. The van der Waals surface area contributed by atoms with Crippen LogP contribution in [0.2, 0.25) is 0 Å². The first-order valence-electron chi connectivity index (χ1n) is 9.90. The van der Waals surface area contributed by atoms with Crippen LogP contribution in [0.15, 0.2) is 36.7 Å². The zero-order chi connectivity index (χ0) is 23.1. The number of carbonyl (C=O) groups excluding carboxylic acids is 4. The second-order valence-corrected chi connectivity index (χ2v) is 7.10. The third kappa shape index (κ3) is 5.84. The molecule has 1 aliphatic heterocycles. The number of methoxy groups -OCH3 is 1. The third-order valence-electron chi connectivity index (χ3n) is 4.94. The van der Waals surface area contributed by atoms with Crippen molar-refractivity contribution in [2.24, 2.45) is 0 Å². The van der Waals surface area contributed by atoms with Crippen molar-refractivity contribution >= 4 is 29.5 Å². The van der Waals surface area contributed by atoms with E-state index in [4.69, 9.17) is 0 Å². The number of esters is 1. The highest BCUT2D eigenvalue weighted by atomic mass is 19.1. The minimum atomic E-state index is -0.628. The molecule has 168 valence electrons. The summed E-state index contributed by atoms with van der Waals surface area (Å²) in [7, 11) is 1.22. The smallest absolute Gasteiger partial charge is 0.315 e. The molecule has 0 bridgehead atoms. The van der Waals surface area contributed by atoms with Gasteiger partial charge in [0.1, 0.15) is 12.2 Å². The number of hydrogen-bond acceptors (Lipinski definition) is 7. The molecule has 0 aliphatic carbocycles. The van der Waals surface area contributed by atoms with Crippen molar-refractivity contribution in [3.05, 3.63) is 53.7 Å². The quantitative estimate of drug-likeness (QED) is 0.506. The lowest BCUT2D eigenvalue weighted by Crippen LogP contribution is -2.47. The Morgan fingerprint density at radius 2 is 1.84 bits per heavy atom. The van der Waals surface area contributed by atoms with Gasteiger partial charge >= 0.3 is 5.97 Å². The number of halogens is 1. The second-order valence-electron chi connectivity index (χ2n) is 7.10. The van der Waals surface area contributed by atoms with Crippen molar-refractivity contribution in [3.8, 4) is 0 Å². The van der Waals surface area contributed by atoms with Crippen LogP contribution < -0.4 is 10.6 Å². The average Bonchev–Trinajstić information content (AvgIpc) is 2.79. The van der Waals surface area contributed by atoms with Gasteiger partial charge in [-0.1, -0.05) is 6.07 Å². The second kappa shape index (κ2) is 10.4. The zero-order valence-corrected chi connectivity index (χ0v) is 17.3. The van der Waals surface area contributed by atoms with Gasteiger partial charge in [-0.15, -0.1) is 0 Å². The maximum absolute atomic E-state index is 13.4. The van der Waals surface area contributed by atoms with E-state index in [-0.39, 0.29) is 35.4 Å². The van der Waals surface area contributed by atoms with Gasteiger partial charge in [-0.05, 0) is 31.0 Å². The molecule has 1 aliphatic rings. The number of rotatable bonds is 6.